The van der Waals surface area contributed by atoms with Crippen LogP contribution in [-0.4, -0.2) is 43.0 Å². The molecule has 10 heteroatoms. The molecule has 0 aromatic heterocycles. The summed E-state index contributed by atoms with van der Waals surface area (Å²) in [4.78, 5) is 27.5. The van der Waals surface area contributed by atoms with Crippen LogP contribution in [0.25, 0.3) is 0 Å². The number of halogens is 4. The van der Waals surface area contributed by atoms with E-state index >= 15 is 0 Å². The third-order valence-electron chi connectivity index (χ3n) is 5.06. The van der Waals surface area contributed by atoms with Crippen molar-refractivity contribution in [2.45, 2.75) is 39.4 Å². The van der Waals surface area contributed by atoms with Crippen LogP contribution in [0.3, 0.4) is 0 Å². The maximum absolute atomic E-state index is 13.4. The third-order valence-corrected chi connectivity index (χ3v) is 5.37. The van der Waals surface area contributed by atoms with Gasteiger partial charge < -0.3 is 20.3 Å². The van der Waals surface area contributed by atoms with Crippen molar-refractivity contribution in [1.82, 2.24) is 4.90 Å². The topological polar surface area (TPSA) is 70.7 Å². The van der Waals surface area contributed by atoms with E-state index in [1.807, 2.05) is 6.92 Å². The van der Waals surface area contributed by atoms with E-state index in [1.165, 1.54) is 18.1 Å². The Hall–Kier alpha value is -2.94. The van der Waals surface area contributed by atoms with Crippen molar-refractivity contribution in [2.24, 2.45) is 5.92 Å². The lowest BCUT2D eigenvalue weighted by atomic mass is 10.0. The maximum Gasteiger partial charge on any atom is 0.416 e. The minimum atomic E-state index is -4.53. The number of alkyl halides is 3. The molecular weight excluding hydrogens is 471 g/mol. The molecule has 2 aromatic carbocycles. The zero-order valence-corrected chi connectivity index (χ0v) is 20.3. The van der Waals surface area contributed by atoms with Gasteiger partial charge in [-0.15, -0.1) is 0 Å². The molecule has 2 N–H and O–H groups in total. The molecule has 0 saturated carbocycles. The van der Waals surface area contributed by atoms with Crippen LogP contribution < -0.4 is 15.4 Å². The van der Waals surface area contributed by atoms with Gasteiger partial charge in [0.1, 0.15) is 11.8 Å². The molecule has 0 fully saturated rings. The van der Waals surface area contributed by atoms with Crippen molar-refractivity contribution in [3.8, 4) is 5.75 Å². The van der Waals surface area contributed by atoms with E-state index in [-0.39, 0.29) is 29.1 Å². The lowest BCUT2D eigenvalue weighted by Gasteiger charge is -2.30. The van der Waals surface area contributed by atoms with E-state index in [4.69, 9.17) is 16.3 Å². The van der Waals surface area contributed by atoms with Gasteiger partial charge in [0, 0.05) is 6.54 Å². The second-order valence-corrected chi connectivity index (χ2v) is 8.47. The van der Waals surface area contributed by atoms with Gasteiger partial charge in [0.05, 0.1) is 35.6 Å². The molecule has 0 radical (unpaired) electrons. The Morgan fingerprint density at radius 3 is 2.35 bits per heavy atom. The van der Waals surface area contributed by atoms with Crippen LogP contribution in [0.15, 0.2) is 42.5 Å². The fourth-order valence-electron chi connectivity index (χ4n) is 3.33. The number of anilines is 2. The lowest BCUT2D eigenvalue weighted by Crippen LogP contribution is -2.48. The highest BCUT2D eigenvalue weighted by molar-refractivity contribution is 6.33. The molecular formula is C24H29ClF3N3O3. The van der Waals surface area contributed by atoms with E-state index in [0.717, 1.165) is 12.1 Å². The number of rotatable bonds is 10. The van der Waals surface area contributed by atoms with Crippen LogP contribution in [0.5, 0.6) is 5.75 Å². The van der Waals surface area contributed by atoms with Gasteiger partial charge in [0.15, 0.2) is 0 Å². The Bertz CT molecular complexity index is 999. The molecule has 34 heavy (non-hydrogen) atoms. The van der Waals surface area contributed by atoms with Gasteiger partial charge in [-0.1, -0.05) is 44.5 Å². The number of hydrogen-bond donors (Lipinski definition) is 2. The average Bonchev–Trinajstić information content (AvgIpc) is 2.77. The number of benzene rings is 2. The number of ether oxygens (including phenoxy) is 1. The number of carbonyl (C=O) groups excluding carboxylic acids is 2. The Balaban J connectivity index is 2.19. The highest BCUT2D eigenvalue weighted by Gasteiger charge is 2.32. The maximum atomic E-state index is 13.4. The summed E-state index contributed by atoms with van der Waals surface area (Å²) < 4.78 is 44.1. The summed E-state index contributed by atoms with van der Waals surface area (Å²) in [5, 5.41) is 5.56. The first-order valence-corrected chi connectivity index (χ1v) is 11.2. The summed E-state index contributed by atoms with van der Waals surface area (Å²) >= 11 is 6.07. The van der Waals surface area contributed by atoms with Crippen molar-refractivity contribution in [3.05, 3.63) is 53.1 Å². The molecule has 2 aromatic rings. The SMILES string of the molecule is CCCN(CC(=O)Nc1ccccc1OC)C(=O)[C@H](Nc1ccc(C(F)(F)F)cc1Cl)C(C)C. The fraction of sp³-hybridized carbons (Fsp3) is 0.417. The van der Waals surface area contributed by atoms with Crippen LogP contribution in [0.1, 0.15) is 32.8 Å². The minimum Gasteiger partial charge on any atom is -0.495 e. The fourth-order valence-corrected chi connectivity index (χ4v) is 3.57. The molecule has 2 rings (SSSR count). The summed E-state index contributed by atoms with van der Waals surface area (Å²) in [5.41, 5.74) is -0.193. The van der Waals surface area contributed by atoms with Gasteiger partial charge in [0.2, 0.25) is 11.8 Å². The first kappa shape index (κ1) is 27.3. The smallest absolute Gasteiger partial charge is 0.416 e. The molecule has 1 atom stereocenters. The summed E-state index contributed by atoms with van der Waals surface area (Å²) in [6.07, 6.45) is -3.91. The Kier molecular flexibility index (Phi) is 9.61. The van der Waals surface area contributed by atoms with E-state index < -0.39 is 23.7 Å². The molecule has 0 aliphatic heterocycles. The standard InChI is InChI=1S/C24H29ClF3N3O3/c1-5-12-31(14-21(32)29-19-8-6-7-9-20(19)34-4)23(33)22(15(2)3)30-18-11-10-16(13-17(18)25)24(26,27)28/h6-11,13,15,22,30H,5,12,14H2,1-4H3,(H,29,32)/t22-/m1/s1. The van der Waals surface area contributed by atoms with Crippen LogP contribution in [0, 0.1) is 5.92 Å². The minimum absolute atomic E-state index is 0.149. The molecule has 0 heterocycles. The number of methoxy groups -OCH3 is 1. The number of nitrogens with one attached hydrogen (secondary N) is 2. The third kappa shape index (κ3) is 7.28. The van der Waals surface area contributed by atoms with Gasteiger partial charge in [-0.25, -0.2) is 0 Å². The molecule has 0 saturated heterocycles. The Morgan fingerprint density at radius 2 is 1.79 bits per heavy atom. The molecule has 0 unspecified atom stereocenters. The molecule has 0 bridgehead atoms. The highest BCUT2D eigenvalue weighted by Crippen LogP contribution is 2.34. The number of amides is 2. The van der Waals surface area contributed by atoms with Gasteiger partial charge in [-0.05, 0) is 42.7 Å². The number of carbonyl (C=O) groups is 2. The van der Waals surface area contributed by atoms with E-state index in [2.05, 4.69) is 10.6 Å². The second-order valence-electron chi connectivity index (χ2n) is 8.07. The molecule has 0 spiro atoms. The summed E-state index contributed by atoms with van der Waals surface area (Å²) in [7, 11) is 1.49. The first-order valence-electron chi connectivity index (χ1n) is 10.8. The number of hydrogen-bond acceptors (Lipinski definition) is 4. The average molecular weight is 500 g/mol. The largest absolute Gasteiger partial charge is 0.495 e. The predicted molar refractivity (Wildman–Crippen MR) is 127 cm³/mol. The normalized spacial score (nSPS) is 12.3. The van der Waals surface area contributed by atoms with E-state index in [1.54, 1.807) is 38.1 Å². The van der Waals surface area contributed by atoms with E-state index in [0.29, 0.717) is 24.4 Å². The van der Waals surface area contributed by atoms with Crippen molar-refractivity contribution < 1.29 is 27.5 Å². The quantitative estimate of drug-likeness (QED) is 0.441. The first-order chi connectivity index (χ1) is 16.0. The van der Waals surface area contributed by atoms with Gasteiger partial charge in [-0.3, -0.25) is 9.59 Å². The monoisotopic (exact) mass is 499 g/mol. The second kappa shape index (κ2) is 12.0. The van der Waals surface area contributed by atoms with Crippen molar-refractivity contribution in [2.75, 3.05) is 30.8 Å². The van der Waals surface area contributed by atoms with Crippen LogP contribution in [0.4, 0.5) is 24.5 Å². The summed E-state index contributed by atoms with van der Waals surface area (Å²) in [5.74, 6) is -0.505. The number of nitrogens with zero attached hydrogens (tertiary/aromatic N) is 1. The van der Waals surface area contributed by atoms with Crippen molar-refractivity contribution in [3.63, 3.8) is 0 Å². The molecule has 2 amide bonds. The summed E-state index contributed by atoms with van der Waals surface area (Å²) in [6, 6.07) is 9.03. The Labute approximate surface area is 202 Å². The Morgan fingerprint density at radius 1 is 1.12 bits per heavy atom. The molecule has 186 valence electrons. The van der Waals surface area contributed by atoms with E-state index in [9.17, 15) is 22.8 Å². The molecule has 6 nitrogen and oxygen atoms in total. The van der Waals surface area contributed by atoms with Crippen molar-refractivity contribution in [1.29, 1.82) is 0 Å². The molecule has 0 aliphatic carbocycles. The predicted octanol–water partition coefficient (Wildman–Crippen LogP) is 5.68. The van der Waals surface area contributed by atoms with Gasteiger partial charge in [-0.2, -0.15) is 13.2 Å². The zero-order chi connectivity index (χ0) is 25.5. The van der Waals surface area contributed by atoms with Gasteiger partial charge >= 0.3 is 6.18 Å². The van der Waals surface area contributed by atoms with Crippen LogP contribution >= 0.6 is 11.6 Å². The molecule has 0 aliphatic rings. The lowest BCUT2D eigenvalue weighted by molar-refractivity contribution is -0.137. The highest BCUT2D eigenvalue weighted by atomic mass is 35.5. The zero-order valence-electron chi connectivity index (χ0n) is 19.5. The van der Waals surface area contributed by atoms with Crippen LogP contribution in [0.2, 0.25) is 5.02 Å². The van der Waals surface area contributed by atoms with Gasteiger partial charge in [0.25, 0.3) is 0 Å². The van der Waals surface area contributed by atoms with Crippen LogP contribution in [-0.2, 0) is 15.8 Å². The number of para-hydroxylation sites is 2. The van der Waals surface area contributed by atoms with Crippen molar-refractivity contribution >= 4 is 34.8 Å². The summed E-state index contributed by atoms with van der Waals surface area (Å²) in [6.45, 7) is 5.60.